The zero-order chi connectivity index (χ0) is 17.6. The van der Waals surface area contributed by atoms with Crippen molar-refractivity contribution in [2.45, 2.75) is 51.6 Å². The van der Waals surface area contributed by atoms with E-state index >= 15 is 0 Å². The van der Waals surface area contributed by atoms with Crippen LogP contribution in [0.3, 0.4) is 0 Å². The third-order valence-electron chi connectivity index (χ3n) is 5.02. The number of rotatable bonds is 7. The van der Waals surface area contributed by atoms with Gasteiger partial charge in [0.1, 0.15) is 5.82 Å². The fourth-order valence-corrected chi connectivity index (χ4v) is 3.64. The van der Waals surface area contributed by atoms with E-state index in [4.69, 9.17) is 5.73 Å². The van der Waals surface area contributed by atoms with E-state index in [-0.39, 0.29) is 5.91 Å². The number of carbonyl (C=O) groups is 1. The highest BCUT2D eigenvalue weighted by Crippen LogP contribution is 2.27. The van der Waals surface area contributed by atoms with E-state index in [9.17, 15) is 4.79 Å². The first-order valence-corrected chi connectivity index (χ1v) is 9.29. The van der Waals surface area contributed by atoms with Crippen LogP contribution in [-0.4, -0.2) is 33.4 Å². The molecule has 25 heavy (non-hydrogen) atoms. The molecule has 1 aromatic heterocycles. The number of nitrogens with zero attached hydrogens (tertiary/aromatic N) is 3. The third kappa shape index (κ3) is 4.48. The highest BCUT2D eigenvalue weighted by Gasteiger charge is 2.24. The number of aromatic nitrogens is 2. The van der Waals surface area contributed by atoms with Crippen molar-refractivity contribution in [1.82, 2.24) is 14.5 Å². The first kappa shape index (κ1) is 17.7. The lowest BCUT2D eigenvalue weighted by molar-refractivity contribution is 0.100. The molecule has 1 aromatic carbocycles. The van der Waals surface area contributed by atoms with Crippen molar-refractivity contribution in [3.05, 3.63) is 53.6 Å². The number of nitrogens with two attached hydrogens (primary N) is 1. The molecule has 0 saturated carbocycles. The van der Waals surface area contributed by atoms with Crippen molar-refractivity contribution in [3.8, 4) is 0 Å². The molecular formula is C20H28N4O. The molecule has 1 aliphatic heterocycles. The predicted molar refractivity (Wildman–Crippen MR) is 99.3 cm³/mol. The largest absolute Gasteiger partial charge is 0.366 e. The maximum atomic E-state index is 11.2. The van der Waals surface area contributed by atoms with Gasteiger partial charge in [-0.2, -0.15) is 0 Å². The van der Waals surface area contributed by atoms with Gasteiger partial charge in [0, 0.05) is 43.5 Å². The van der Waals surface area contributed by atoms with Gasteiger partial charge in [-0.1, -0.05) is 25.5 Å². The molecule has 0 aliphatic carbocycles. The van der Waals surface area contributed by atoms with Crippen LogP contribution in [-0.2, 0) is 13.1 Å². The smallest absolute Gasteiger partial charge is 0.248 e. The summed E-state index contributed by atoms with van der Waals surface area (Å²) in [5.74, 6) is 1.37. The molecule has 0 spiro atoms. The van der Waals surface area contributed by atoms with Gasteiger partial charge in [0.25, 0.3) is 0 Å². The Morgan fingerprint density at radius 1 is 1.32 bits per heavy atom. The lowest BCUT2D eigenvalue weighted by Crippen LogP contribution is -2.35. The number of carbonyl (C=O) groups excluding carboxylic acids is 1. The minimum Gasteiger partial charge on any atom is -0.366 e. The zero-order valence-corrected chi connectivity index (χ0v) is 15.0. The second kappa shape index (κ2) is 8.30. The van der Waals surface area contributed by atoms with Crippen LogP contribution in [0.15, 0.2) is 36.7 Å². The van der Waals surface area contributed by atoms with Gasteiger partial charge in [0.2, 0.25) is 5.91 Å². The molecule has 1 aliphatic rings. The van der Waals surface area contributed by atoms with Crippen LogP contribution >= 0.6 is 0 Å². The Morgan fingerprint density at radius 3 is 2.84 bits per heavy atom. The molecule has 1 atom stereocenters. The van der Waals surface area contributed by atoms with Gasteiger partial charge in [0.15, 0.2) is 0 Å². The first-order valence-electron chi connectivity index (χ1n) is 9.29. The number of unbranched alkanes of at least 4 members (excludes halogenated alkanes) is 1. The molecule has 2 aromatic rings. The highest BCUT2D eigenvalue weighted by atomic mass is 16.1. The minimum atomic E-state index is -0.372. The molecule has 0 radical (unpaired) electrons. The van der Waals surface area contributed by atoms with Gasteiger partial charge in [-0.05, 0) is 43.5 Å². The topological polar surface area (TPSA) is 64.2 Å². The number of benzene rings is 1. The fraction of sp³-hybridized carbons (Fsp3) is 0.500. The number of primary amides is 1. The number of aryl methyl sites for hydroxylation is 1. The fourth-order valence-electron chi connectivity index (χ4n) is 3.64. The Bertz CT molecular complexity index is 692. The standard InChI is InChI=1S/C20H28N4O/c1-2-3-12-24-13-10-22-20(24)18-5-4-11-23(15-18)14-16-6-8-17(9-7-16)19(21)25/h6-10,13,18H,2-5,11-12,14-15H2,1H3,(H2,21,25)/t18-/m1/s1. The summed E-state index contributed by atoms with van der Waals surface area (Å²) >= 11 is 0. The van der Waals surface area contributed by atoms with Crippen molar-refractivity contribution < 1.29 is 4.79 Å². The first-order chi connectivity index (χ1) is 12.2. The number of piperidine rings is 1. The van der Waals surface area contributed by atoms with Crippen molar-refractivity contribution in [2.75, 3.05) is 13.1 Å². The summed E-state index contributed by atoms with van der Waals surface area (Å²) < 4.78 is 2.33. The predicted octanol–water partition coefficient (Wildman–Crippen LogP) is 3.16. The van der Waals surface area contributed by atoms with E-state index in [1.54, 1.807) is 0 Å². The maximum Gasteiger partial charge on any atom is 0.248 e. The second-order valence-corrected chi connectivity index (χ2v) is 6.97. The minimum absolute atomic E-state index is 0.372. The molecule has 2 N–H and O–H groups in total. The van der Waals surface area contributed by atoms with E-state index in [0.717, 1.165) is 26.2 Å². The summed E-state index contributed by atoms with van der Waals surface area (Å²) in [6.45, 7) is 6.36. The number of amides is 1. The van der Waals surface area contributed by atoms with Gasteiger partial charge in [-0.25, -0.2) is 4.98 Å². The van der Waals surface area contributed by atoms with E-state index < -0.39 is 0 Å². The Morgan fingerprint density at radius 2 is 2.12 bits per heavy atom. The summed E-state index contributed by atoms with van der Waals surface area (Å²) in [4.78, 5) is 18.3. The Kier molecular flexibility index (Phi) is 5.87. The molecule has 0 unspecified atom stereocenters. The van der Waals surface area contributed by atoms with Gasteiger partial charge < -0.3 is 10.3 Å². The van der Waals surface area contributed by atoms with E-state index in [2.05, 4.69) is 27.6 Å². The summed E-state index contributed by atoms with van der Waals surface area (Å²) in [6, 6.07) is 7.64. The molecule has 5 heteroatoms. The van der Waals surface area contributed by atoms with Gasteiger partial charge in [0.05, 0.1) is 0 Å². The molecule has 3 rings (SSSR count). The molecule has 1 amide bonds. The van der Waals surface area contributed by atoms with E-state index in [1.807, 2.05) is 30.5 Å². The van der Waals surface area contributed by atoms with E-state index in [0.29, 0.717) is 11.5 Å². The van der Waals surface area contributed by atoms with Crippen LogP contribution in [0.25, 0.3) is 0 Å². The Balaban J connectivity index is 1.63. The van der Waals surface area contributed by atoms with Crippen LogP contribution in [0.1, 0.15) is 60.3 Å². The van der Waals surface area contributed by atoms with Gasteiger partial charge in [-0.3, -0.25) is 9.69 Å². The monoisotopic (exact) mass is 340 g/mol. The third-order valence-corrected chi connectivity index (χ3v) is 5.02. The SMILES string of the molecule is CCCCn1ccnc1[C@@H]1CCCN(Cc2ccc(C(N)=O)cc2)C1. The van der Waals surface area contributed by atoms with Crippen LogP contribution in [0, 0.1) is 0 Å². The van der Waals surface area contributed by atoms with Crippen molar-refractivity contribution in [1.29, 1.82) is 0 Å². The zero-order valence-electron chi connectivity index (χ0n) is 15.0. The summed E-state index contributed by atoms with van der Waals surface area (Å²) in [5, 5.41) is 0. The number of hydrogen-bond donors (Lipinski definition) is 1. The molecule has 134 valence electrons. The van der Waals surface area contributed by atoms with E-state index in [1.165, 1.54) is 37.1 Å². The maximum absolute atomic E-state index is 11.2. The average molecular weight is 340 g/mol. The van der Waals surface area contributed by atoms with Crippen LogP contribution in [0.2, 0.25) is 0 Å². The van der Waals surface area contributed by atoms with Crippen LogP contribution < -0.4 is 5.73 Å². The molecule has 0 bridgehead atoms. The molecular weight excluding hydrogens is 312 g/mol. The van der Waals surface area contributed by atoms with Gasteiger partial charge >= 0.3 is 0 Å². The number of imidazole rings is 1. The Hall–Kier alpha value is -2.14. The summed E-state index contributed by atoms with van der Waals surface area (Å²) in [7, 11) is 0. The van der Waals surface area contributed by atoms with Crippen LogP contribution in [0.5, 0.6) is 0 Å². The lowest BCUT2D eigenvalue weighted by Gasteiger charge is -2.32. The molecule has 2 heterocycles. The summed E-state index contributed by atoms with van der Waals surface area (Å²) in [5.41, 5.74) is 7.10. The number of likely N-dealkylation sites (tertiary alicyclic amines) is 1. The number of hydrogen-bond acceptors (Lipinski definition) is 3. The lowest BCUT2D eigenvalue weighted by atomic mass is 9.96. The molecule has 1 fully saturated rings. The van der Waals surface area contributed by atoms with Crippen molar-refractivity contribution in [2.24, 2.45) is 5.73 Å². The normalized spacial score (nSPS) is 18.4. The summed E-state index contributed by atoms with van der Waals surface area (Å²) in [6.07, 6.45) is 8.87. The quantitative estimate of drug-likeness (QED) is 0.842. The molecule has 5 nitrogen and oxygen atoms in total. The van der Waals surface area contributed by atoms with Crippen molar-refractivity contribution >= 4 is 5.91 Å². The average Bonchev–Trinajstić information content (AvgIpc) is 3.09. The Labute approximate surface area is 149 Å². The molecule has 1 saturated heterocycles. The van der Waals surface area contributed by atoms with Crippen LogP contribution in [0.4, 0.5) is 0 Å². The van der Waals surface area contributed by atoms with Gasteiger partial charge in [-0.15, -0.1) is 0 Å². The highest BCUT2D eigenvalue weighted by molar-refractivity contribution is 5.92. The van der Waals surface area contributed by atoms with Crippen molar-refractivity contribution in [3.63, 3.8) is 0 Å². The second-order valence-electron chi connectivity index (χ2n) is 6.97.